The van der Waals surface area contributed by atoms with Crippen molar-refractivity contribution in [2.24, 2.45) is 0 Å². The first-order valence-corrected chi connectivity index (χ1v) is 3.79. The van der Waals surface area contributed by atoms with E-state index in [-0.39, 0.29) is 6.61 Å². The highest BCUT2D eigenvalue weighted by Crippen LogP contribution is 1.97. The van der Waals surface area contributed by atoms with E-state index < -0.39 is 12.1 Å². The molecule has 0 rings (SSSR count). The van der Waals surface area contributed by atoms with Crippen molar-refractivity contribution < 1.29 is 19.4 Å². The first-order valence-electron chi connectivity index (χ1n) is 3.79. The highest BCUT2D eigenvalue weighted by molar-refractivity contribution is 5.72. The van der Waals surface area contributed by atoms with Crippen LogP contribution in [-0.4, -0.2) is 30.4 Å². The molecule has 1 unspecified atom stereocenters. The quantitative estimate of drug-likeness (QED) is 0.462. The van der Waals surface area contributed by atoms with Gasteiger partial charge in [-0.25, -0.2) is 4.79 Å². The Bertz CT molecular complexity index is 144. The van der Waals surface area contributed by atoms with Gasteiger partial charge in [-0.2, -0.15) is 0 Å². The Kier molecular flexibility index (Phi) is 6.09. The van der Waals surface area contributed by atoms with E-state index >= 15 is 0 Å². The molecule has 0 aromatic carbocycles. The lowest BCUT2D eigenvalue weighted by Crippen LogP contribution is -2.24. The number of carboxylic acid groups (broad SMARTS) is 1. The van der Waals surface area contributed by atoms with Crippen LogP contribution < -0.4 is 0 Å². The number of carboxylic acids is 1. The molecule has 0 heterocycles. The molecule has 0 saturated carbocycles. The van der Waals surface area contributed by atoms with Crippen molar-refractivity contribution in [1.82, 2.24) is 0 Å². The normalized spacial score (nSPS) is 12.1. The summed E-state index contributed by atoms with van der Waals surface area (Å²) in [4.78, 5) is 10.4. The smallest absolute Gasteiger partial charge is 0.332 e. The summed E-state index contributed by atoms with van der Waals surface area (Å²) < 4.78 is 9.74. The van der Waals surface area contributed by atoms with Crippen LogP contribution in [0.1, 0.15) is 13.3 Å². The maximum atomic E-state index is 10.4. The molecule has 4 heteroatoms. The molecule has 0 aliphatic heterocycles. The third-order valence-corrected chi connectivity index (χ3v) is 1.28. The van der Waals surface area contributed by atoms with E-state index in [1.165, 1.54) is 6.26 Å². The summed E-state index contributed by atoms with van der Waals surface area (Å²) in [5.74, 6) is -0.934. The molecular weight excluding hydrogens is 160 g/mol. The number of hydrogen-bond donors (Lipinski definition) is 1. The van der Waals surface area contributed by atoms with Crippen LogP contribution in [0.3, 0.4) is 0 Å². The van der Waals surface area contributed by atoms with Gasteiger partial charge < -0.3 is 14.6 Å². The van der Waals surface area contributed by atoms with Gasteiger partial charge in [0.25, 0.3) is 0 Å². The van der Waals surface area contributed by atoms with Crippen LogP contribution >= 0.6 is 0 Å². The Hall–Kier alpha value is -1.03. The van der Waals surface area contributed by atoms with Gasteiger partial charge in [0.15, 0.2) is 6.10 Å². The molecule has 1 N–H and O–H groups in total. The van der Waals surface area contributed by atoms with E-state index in [0.717, 1.165) is 0 Å². The van der Waals surface area contributed by atoms with E-state index in [4.69, 9.17) is 14.6 Å². The van der Waals surface area contributed by atoms with Gasteiger partial charge in [-0.05, 0) is 6.42 Å². The largest absolute Gasteiger partial charge is 0.499 e. The van der Waals surface area contributed by atoms with Crippen molar-refractivity contribution >= 4 is 5.97 Å². The van der Waals surface area contributed by atoms with Crippen molar-refractivity contribution in [3.05, 3.63) is 12.8 Å². The van der Waals surface area contributed by atoms with Crippen LogP contribution in [0.5, 0.6) is 0 Å². The Labute approximate surface area is 71.8 Å². The van der Waals surface area contributed by atoms with E-state index in [1.54, 1.807) is 6.92 Å². The topological polar surface area (TPSA) is 55.8 Å². The monoisotopic (exact) mass is 174 g/mol. The predicted octanol–water partition coefficient (Wildman–Crippen LogP) is 1.03. The van der Waals surface area contributed by atoms with E-state index in [0.29, 0.717) is 13.0 Å². The standard InChI is InChI=1S/C8H14O4/c1-3-7(8(9)10)12-6-5-11-4-2/h4,7H,2-3,5-6H2,1H3,(H,9,10). The van der Waals surface area contributed by atoms with Gasteiger partial charge in [-0.3, -0.25) is 0 Å². The fraction of sp³-hybridized carbons (Fsp3) is 0.625. The molecule has 0 aromatic heterocycles. The zero-order chi connectivity index (χ0) is 9.40. The SMILES string of the molecule is C=COCCOC(CC)C(=O)O. The molecule has 0 bridgehead atoms. The zero-order valence-corrected chi connectivity index (χ0v) is 7.16. The highest BCUT2D eigenvalue weighted by Gasteiger charge is 2.14. The van der Waals surface area contributed by atoms with Crippen LogP contribution in [0.2, 0.25) is 0 Å². The lowest BCUT2D eigenvalue weighted by atomic mass is 10.3. The summed E-state index contributed by atoms with van der Waals surface area (Å²) in [6.45, 7) is 5.71. The Morgan fingerprint density at radius 3 is 2.75 bits per heavy atom. The van der Waals surface area contributed by atoms with Crippen molar-refractivity contribution in [3.63, 3.8) is 0 Å². The molecule has 0 fully saturated rings. The number of carbonyl (C=O) groups is 1. The summed E-state index contributed by atoms with van der Waals surface area (Å²) in [7, 11) is 0. The van der Waals surface area contributed by atoms with Crippen molar-refractivity contribution in [2.75, 3.05) is 13.2 Å². The molecule has 0 amide bonds. The van der Waals surface area contributed by atoms with Crippen LogP contribution in [0.15, 0.2) is 12.8 Å². The van der Waals surface area contributed by atoms with Crippen molar-refractivity contribution in [2.45, 2.75) is 19.4 Å². The Morgan fingerprint density at radius 2 is 2.33 bits per heavy atom. The third-order valence-electron chi connectivity index (χ3n) is 1.28. The lowest BCUT2D eigenvalue weighted by molar-refractivity contribution is -0.151. The second kappa shape index (κ2) is 6.67. The molecule has 0 aliphatic rings. The van der Waals surface area contributed by atoms with Gasteiger partial charge in [0.05, 0.1) is 12.9 Å². The first kappa shape index (κ1) is 11.0. The molecular formula is C8H14O4. The van der Waals surface area contributed by atoms with Gasteiger partial charge in [0.2, 0.25) is 0 Å². The Morgan fingerprint density at radius 1 is 1.67 bits per heavy atom. The van der Waals surface area contributed by atoms with Crippen LogP contribution in [-0.2, 0) is 14.3 Å². The summed E-state index contributed by atoms with van der Waals surface area (Å²) >= 11 is 0. The van der Waals surface area contributed by atoms with E-state index in [1.807, 2.05) is 0 Å². The predicted molar refractivity (Wildman–Crippen MR) is 43.8 cm³/mol. The maximum absolute atomic E-state index is 10.4. The molecule has 4 nitrogen and oxygen atoms in total. The molecule has 0 aromatic rings. The molecule has 70 valence electrons. The lowest BCUT2D eigenvalue weighted by Gasteiger charge is -2.10. The first-order chi connectivity index (χ1) is 5.72. The van der Waals surface area contributed by atoms with Gasteiger partial charge >= 0.3 is 5.97 Å². The minimum atomic E-state index is -0.934. The Balaban J connectivity index is 3.44. The van der Waals surface area contributed by atoms with E-state index in [2.05, 4.69) is 6.58 Å². The van der Waals surface area contributed by atoms with Gasteiger partial charge in [-0.1, -0.05) is 13.5 Å². The molecule has 0 radical (unpaired) electrons. The second-order valence-corrected chi connectivity index (χ2v) is 2.14. The number of rotatable bonds is 7. The summed E-state index contributed by atoms with van der Waals surface area (Å²) in [6.07, 6.45) is 1.03. The van der Waals surface area contributed by atoms with Crippen molar-refractivity contribution in [1.29, 1.82) is 0 Å². The summed E-state index contributed by atoms with van der Waals surface area (Å²) in [5.41, 5.74) is 0. The number of ether oxygens (including phenoxy) is 2. The number of hydrogen-bond acceptors (Lipinski definition) is 3. The summed E-state index contributed by atoms with van der Waals surface area (Å²) in [6, 6.07) is 0. The maximum Gasteiger partial charge on any atom is 0.332 e. The molecule has 12 heavy (non-hydrogen) atoms. The van der Waals surface area contributed by atoms with Crippen LogP contribution in [0.4, 0.5) is 0 Å². The van der Waals surface area contributed by atoms with Gasteiger partial charge in [-0.15, -0.1) is 0 Å². The zero-order valence-electron chi connectivity index (χ0n) is 7.16. The minimum absolute atomic E-state index is 0.275. The van der Waals surface area contributed by atoms with Gasteiger partial charge in [0, 0.05) is 0 Å². The van der Waals surface area contributed by atoms with E-state index in [9.17, 15) is 4.79 Å². The average molecular weight is 174 g/mol. The fourth-order valence-corrected chi connectivity index (χ4v) is 0.686. The minimum Gasteiger partial charge on any atom is -0.499 e. The fourth-order valence-electron chi connectivity index (χ4n) is 0.686. The molecule has 0 aliphatic carbocycles. The molecule has 1 atom stereocenters. The van der Waals surface area contributed by atoms with Crippen LogP contribution in [0, 0.1) is 0 Å². The molecule has 0 saturated heterocycles. The van der Waals surface area contributed by atoms with Crippen molar-refractivity contribution in [3.8, 4) is 0 Å². The summed E-state index contributed by atoms with van der Waals surface area (Å²) in [5, 5.41) is 8.54. The second-order valence-electron chi connectivity index (χ2n) is 2.14. The highest BCUT2D eigenvalue weighted by atomic mass is 16.5. The third kappa shape index (κ3) is 4.73. The average Bonchev–Trinajstić information content (AvgIpc) is 2.04. The molecule has 0 spiro atoms. The number of aliphatic carboxylic acids is 1. The van der Waals surface area contributed by atoms with Gasteiger partial charge in [0.1, 0.15) is 6.61 Å². The van der Waals surface area contributed by atoms with Crippen LogP contribution in [0.25, 0.3) is 0 Å².